The second-order valence-corrected chi connectivity index (χ2v) is 7.37. The van der Waals surface area contributed by atoms with Crippen molar-refractivity contribution in [2.24, 2.45) is 11.8 Å². The van der Waals surface area contributed by atoms with E-state index in [0.29, 0.717) is 0 Å². The SMILES string of the molecule is CCC(CC)N(CCCCCCNCC(C)C)CC(C)C. The van der Waals surface area contributed by atoms with Crippen molar-refractivity contribution >= 4 is 0 Å². The molecule has 0 aromatic heterocycles. The summed E-state index contributed by atoms with van der Waals surface area (Å²) >= 11 is 0. The second kappa shape index (κ2) is 13.6. The van der Waals surface area contributed by atoms with Crippen LogP contribution >= 0.6 is 0 Å². The van der Waals surface area contributed by atoms with Gasteiger partial charge < -0.3 is 10.2 Å². The van der Waals surface area contributed by atoms with E-state index in [1.807, 2.05) is 0 Å². The monoisotopic (exact) mass is 298 g/mol. The van der Waals surface area contributed by atoms with E-state index >= 15 is 0 Å². The molecular formula is C19H42N2. The van der Waals surface area contributed by atoms with Gasteiger partial charge in [-0.15, -0.1) is 0 Å². The first-order valence-electron chi connectivity index (χ1n) is 9.45. The minimum atomic E-state index is 0.773. The summed E-state index contributed by atoms with van der Waals surface area (Å²) in [7, 11) is 0. The van der Waals surface area contributed by atoms with Gasteiger partial charge in [0.15, 0.2) is 0 Å². The molecule has 0 amide bonds. The maximum Gasteiger partial charge on any atom is 0.00901 e. The highest BCUT2D eigenvalue weighted by atomic mass is 15.1. The van der Waals surface area contributed by atoms with Crippen LogP contribution in [-0.4, -0.2) is 37.1 Å². The number of hydrogen-bond acceptors (Lipinski definition) is 2. The van der Waals surface area contributed by atoms with Crippen molar-refractivity contribution in [2.75, 3.05) is 26.2 Å². The molecule has 0 fully saturated rings. The summed E-state index contributed by atoms with van der Waals surface area (Å²) in [6, 6.07) is 0.792. The molecule has 0 unspecified atom stereocenters. The summed E-state index contributed by atoms with van der Waals surface area (Å²) < 4.78 is 0. The molecule has 0 aliphatic rings. The Balaban J connectivity index is 3.72. The van der Waals surface area contributed by atoms with Crippen LogP contribution in [0.2, 0.25) is 0 Å². The summed E-state index contributed by atoms with van der Waals surface area (Å²) in [5, 5.41) is 3.54. The van der Waals surface area contributed by atoms with E-state index in [1.54, 1.807) is 0 Å². The van der Waals surface area contributed by atoms with Crippen molar-refractivity contribution in [2.45, 2.75) is 86.1 Å². The van der Waals surface area contributed by atoms with Gasteiger partial charge in [0.2, 0.25) is 0 Å². The Kier molecular flexibility index (Phi) is 13.5. The van der Waals surface area contributed by atoms with Gasteiger partial charge in [-0.25, -0.2) is 0 Å². The minimum absolute atomic E-state index is 0.773. The Hall–Kier alpha value is -0.0800. The molecule has 21 heavy (non-hydrogen) atoms. The fourth-order valence-corrected chi connectivity index (χ4v) is 3.01. The molecule has 0 radical (unpaired) electrons. The Labute approximate surface area is 135 Å². The fourth-order valence-electron chi connectivity index (χ4n) is 3.01. The molecule has 0 saturated heterocycles. The van der Waals surface area contributed by atoms with Gasteiger partial charge in [0, 0.05) is 12.6 Å². The van der Waals surface area contributed by atoms with Crippen molar-refractivity contribution in [3.63, 3.8) is 0 Å². The van der Waals surface area contributed by atoms with E-state index in [0.717, 1.165) is 24.4 Å². The summed E-state index contributed by atoms with van der Waals surface area (Å²) in [5.41, 5.74) is 0. The van der Waals surface area contributed by atoms with Crippen LogP contribution < -0.4 is 5.32 Å². The van der Waals surface area contributed by atoms with Crippen LogP contribution in [0.1, 0.15) is 80.1 Å². The number of nitrogens with zero attached hydrogens (tertiary/aromatic N) is 1. The number of unbranched alkanes of at least 4 members (excludes halogenated alkanes) is 3. The third-order valence-corrected chi connectivity index (χ3v) is 4.16. The minimum Gasteiger partial charge on any atom is -0.316 e. The molecule has 128 valence electrons. The van der Waals surface area contributed by atoms with Gasteiger partial charge in [0.25, 0.3) is 0 Å². The van der Waals surface area contributed by atoms with Gasteiger partial charge in [-0.3, -0.25) is 0 Å². The summed E-state index contributed by atoms with van der Waals surface area (Å²) in [6.45, 7) is 18.8. The molecule has 0 saturated carbocycles. The molecule has 0 atom stereocenters. The van der Waals surface area contributed by atoms with Crippen molar-refractivity contribution in [3.8, 4) is 0 Å². The first kappa shape index (κ1) is 20.9. The zero-order chi connectivity index (χ0) is 16.1. The van der Waals surface area contributed by atoms with Crippen molar-refractivity contribution in [1.82, 2.24) is 10.2 Å². The predicted octanol–water partition coefficient (Wildman–Crippen LogP) is 4.94. The quantitative estimate of drug-likeness (QED) is 0.457. The molecule has 0 heterocycles. The Morgan fingerprint density at radius 1 is 0.810 bits per heavy atom. The lowest BCUT2D eigenvalue weighted by Gasteiger charge is -2.32. The molecule has 0 aromatic rings. The van der Waals surface area contributed by atoms with Gasteiger partial charge in [-0.05, 0) is 57.2 Å². The van der Waals surface area contributed by atoms with E-state index in [2.05, 4.69) is 51.8 Å². The molecule has 2 nitrogen and oxygen atoms in total. The number of nitrogens with one attached hydrogen (secondary N) is 1. The average Bonchev–Trinajstić information content (AvgIpc) is 2.41. The van der Waals surface area contributed by atoms with Gasteiger partial charge >= 0.3 is 0 Å². The largest absolute Gasteiger partial charge is 0.316 e. The molecule has 0 spiro atoms. The first-order valence-corrected chi connectivity index (χ1v) is 9.45. The lowest BCUT2D eigenvalue weighted by Crippen LogP contribution is -2.38. The molecule has 2 heteroatoms. The van der Waals surface area contributed by atoms with Crippen LogP contribution in [0.5, 0.6) is 0 Å². The number of rotatable bonds is 14. The van der Waals surface area contributed by atoms with Gasteiger partial charge in [-0.2, -0.15) is 0 Å². The smallest absolute Gasteiger partial charge is 0.00901 e. The lowest BCUT2D eigenvalue weighted by atomic mass is 10.1. The van der Waals surface area contributed by atoms with Crippen molar-refractivity contribution < 1.29 is 0 Å². The summed E-state index contributed by atoms with van der Waals surface area (Å²) in [4.78, 5) is 2.74. The zero-order valence-electron chi connectivity index (χ0n) is 15.8. The highest BCUT2D eigenvalue weighted by Gasteiger charge is 2.15. The lowest BCUT2D eigenvalue weighted by molar-refractivity contribution is 0.162. The van der Waals surface area contributed by atoms with Gasteiger partial charge in [0.1, 0.15) is 0 Å². The molecular weight excluding hydrogens is 256 g/mol. The molecule has 0 bridgehead atoms. The van der Waals surface area contributed by atoms with Crippen molar-refractivity contribution in [3.05, 3.63) is 0 Å². The molecule has 1 N–H and O–H groups in total. The molecule has 0 aliphatic carbocycles. The van der Waals surface area contributed by atoms with Crippen LogP contribution in [0.3, 0.4) is 0 Å². The van der Waals surface area contributed by atoms with E-state index in [9.17, 15) is 0 Å². The third-order valence-electron chi connectivity index (χ3n) is 4.16. The number of hydrogen-bond donors (Lipinski definition) is 1. The Morgan fingerprint density at radius 2 is 1.43 bits per heavy atom. The third kappa shape index (κ3) is 12.2. The van der Waals surface area contributed by atoms with Crippen LogP contribution in [0, 0.1) is 11.8 Å². The van der Waals surface area contributed by atoms with Crippen LogP contribution in [0.4, 0.5) is 0 Å². The van der Waals surface area contributed by atoms with Crippen LogP contribution in [0.25, 0.3) is 0 Å². The van der Waals surface area contributed by atoms with Gasteiger partial charge in [0.05, 0.1) is 0 Å². The topological polar surface area (TPSA) is 15.3 Å². The maximum atomic E-state index is 3.54. The molecule has 0 rings (SSSR count). The zero-order valence-corrected chi connectivity index (χ0v) is 15.8. The Bertz CT molecular complexity index is 210. The Morgan fingerprint density at radius 3 is 1.95 bits per heavy atom. The van der Waals surface area contributed by atoms with E-state index in [-0.39, 0.29) is 0 Å². The van der Waals surface area contributed by atoms with Crippen molar-refractivity contribution in [1.29, 1.82) is 0 Å². The van der Waals surface area contributed by atoms with Crippen LogP contribution in [-0.2, 0) is 0 Å². The van der Waals surface area contributed by atoms with Gasteiger partial charge in [-0.1, -0.05) is 54.4 Å². The highest BCUT2D eigenvalue weighted by Crippen LogP contribution is 2.13. The first-order chi connectivity index (χ1) is 10.0. The normalized spacial score (nSPS) is 12.3. The summed E-state index contributed by atoms with van der Waals surface area (Å²) in [6.07, 6.45) is 8.06. The maximum absolute atomic E-state index is 3.54. The van der Waals surface area contributed by atoms with E-state index in [4.69, 9.17) is 0 Å². The van der Waals surface area contributed by atoms with Crippen LogP contribution in [0.15, 0.2) is 0 Å². The predicted molar refractivity (Wildman–Crippen MR) is 97.0 cm³/mol. The van der Waals surface area contributed by atoms with E-state index < -0.39 is 0 Å². The average molecular weight is 299 g/mol. The standard InChI is InChI=1S/C19H42N2/c1-7-19(8-2)21(16-18(5)6)14-12-10-9-11-13-20-15-17(3)4/h17-20H,7-16H2,1-6H3. The second-order valence-electron chi connectivity index (χ2n) is 7.37. The fraction of sp³-hybridized carbons (Fsp3) is 1.00. The highest BCUT2D eigenvalue weighted by molar-refractivity contribution is 4.70. The molecule has 0 aliphatic heterocycles. The summed E-state index contributed by atoms with van der Waals surface area (Å²) in [5.74, 6) is 1.56. The van der Waals surface area contributed by atoms with E-state index in [1.165, 1.54) is 58.2 Å². The molecule has 0 aromatic carbocycles.